The third-order valence-corrected chi connectivity index (χ3v) is 1.96. The summed E-state index contributed by atoms with van der Waals surface area (Å²) in [5.41, 5.74) is -1.19. The summed E-state index contributed by atoms with van der Waals surface area (Å²) in [6.07, 6.45) is 0.294. The lowest BCUT2D eigenvalue weighted by molar-refractivity contribution is -0.148. The number of carboxylic acid groups (broad SMARTS) is 2. The van der Waals surface area contributed by atoms with Crippen LogP contribution in [0.5, 0.6) is 0 Å². The van der Waals surface area contributed by atoms with Crippen molar-refractivity contribution in [2.24, 2.45) is 0 Å². The van der Waals surface area contributed by atoms with E-state index in [0.29, 0.717) is 12.8 Å². The Bertz CT molecular complexity index is 197. The zero-order chi connectivity index (χ0) is 8.48. The highest BCUT2D eigenvalue weighted by atomic mass is 16.4. The predicted octanol–water partition coefficient (Wildman–Crippen LogP) is 0.261. The Morgan fingerprint density at radius 3 is 1.91 bits per heavy atom. The molecule has 0 radical (unpaired) electrons. The van der Waals surface area contributed by atoms with Gasteiger partial charge in [-0.15, -0.1) is 0 Å². The van der Waals surface area contributed by atoms with E-state index in [2.05, 4.69) is 0 Å². The van der Waals surface area contributed by atoms with Crippen molar-refractivity contribution < 1.29 is 19.8 Å². The summed E-state index contributed by atoms with van der Waals surface area (Å²) in [5.74, 6) is -1.08. The highest BCUT2D eigenvalue weighted by Crippen LogP contribution is 2.31. The number of nitrogens with one attached hydrogen (secondary N) is 1. The highest BCUT2D eigenvalue weighted by molar-refractivity contribution is 5.84. The van der Waals surface area contributed by atoms with E-state index in [9.17, 15) is 9.59 Å². The fourth-order valence-corrected chi connectivity index (χ4v) is 1.13. The Morgan fingerprint density at radius 1 is 1.27 bits per heavy atom. The fraction of sp³-hybridized carbons (Fsp3) is 0.667. The maximum absolute atomic E-state index is 10.5. The smallest absolute Gasteiger partial charge is 0.405 e. The molecule has 0 aromatic heterocycles. The van der Waals surface area contributed by atoms with Gasteiger partial charge in [0, 0.05) is 0 Å². The van der Waals surface area contributed by atoms with Crippen LogP contribution >= 0.6 is 0 Å². The molecule has 0 saturated heterocycles. The van der Waals surface area contributed by atoms with Gasteiger partial charge in [-0.25, -0.2) is 9.59 Å². The van der Waals surface area contributed by atoms with Crippen LogP contribution in [0.1, 0.15) is 19.3 Å². The molecule has 1 aliphatic rings. The van der Waals surface area contributed by atoms with Gasteiger partial charge in [-0.05, 0) is 19.3 Å². The zero-order valence-electron chi connectivity index (χ0n) is 5.83. The van der Waals surface area contributed by atoms with Crippen LogP contribution in [0.2, 0.25) is 0 Å². The molecule has 1 amide bonds. The molecule has 5 heteroatoms. The molecule has 0 bridgehead atoms. The van der Waals surface area contributed by atoms with E-state index in [-0.39, 0.29) is 0 Å². The highest BCUT2D eigenvalue weighted by Gasteiger charge is 2.45. The second kappa shape index (κ2) is 2.41. The third kappa shape index (κ3) is 1.26. The number of amides is 1. The monoisotopic (exact) mass is 159 g/mol. The van der Waals surface area contributed by atoms with Crippen LogP contribution < -0.4 is 5.32 Å². The minimum atomic E-state index is -1.27. The lowest BCUT2D eigenvalue weighted by atomic mass is 9.77. The molecule has 1 aliphatic carbocycles. The van der Waals surface area contributed by atoms with E-state index in [1.54, 1.807) is 0 Å². The van der Waals surface area contributed by atoms with Gasteiger partial charge in [-0.3, -0.25) is 0 Å². The molecule has 5 nitrogen and oxygen atoms in total. The number of aliphatic carboxylic acids is 1. The van der Waals surface area contributed by atoms with Crippen LogP contribution in [0.3, 0.4) is 0 Å². The summed E-state index contributed by atoms with van der Waals surface area (Å²) in [6, 6.07) is 0. The van der Waals surface area contributed by atoms with Crippen LogP contribution in [-0.2, 0) is 4.79 Å². The van der Waals surface area contributed by atoms with Gasteiger partial charge in [0.05, 0.1) is 0 Å². The van der Waals surface area contributed by atoms with Crippen LogP contribution in [0, 0.1) is 0 Å². The van der Waals surface area contributed by atoms with Crippen LogP contribution in [-0.4, -0.2) is 27.8 Å². The van der Waals surface area contributed by atoms with Crippen LogP contribution in [0.25, 0.3) is 0 Å². The Kier molecular flexibility index (Phi) is 1.72. The lowest BCUT2D eigenvalue weighted by Crippen LogP contribution is -2.58. The molecule has 3 N–H and O–H groups in total. The molecule has 1 saturated carbocycles. The average Bonchev–Trinajstić information content (AvgIpc) is 1.77. The van der Waals surface area contributed by atoms with Crippen LogP contribution in [0.4, 0.5) is 4.79 Å². The van der Waals surface area contributed by atoms with Gasteiger partial charge in [-0.2, -0.15) is 0 Å². The molecule has 0 unspecified atom stereocenters. The van der Waals surface area contributed by atoms with Gasteiger partial charge in [0.2, 0.25) is 0 Å². The van der Waals surface area contributed by atoms with Gasteiger partial charge in [-0.1, -0.05) is 0 Å². The van der Waals surface area contributed by atoms with Gasteiger partial charge in [0.1, 0.15) is 5.54 Å². The summed E-state index contributed by atoms with van der Waals surface area (Å²) >= 11 is 0. The Hall–Kier alpha value is -1.26. The van der Waals surface area contributed by atoms with Gasteiger partial charge in [0.15, 0.2) is 0 Å². The maximum Gasteiger partial charge on any atom is 0.405 e. The first kappa shape index (κ1) is 7.84. The van der Waals surface area contributed by atoms with E-state index < -0.39 is 17.6 Å². The Morgan fingerprint density at radius 2 is 1.82 bits per heavy atom. The summed E-state index contributed by atoms with van der Waals surface area (Å²) in [4.78, 5) is 20.7. The van der Waals surface area contributed by atoms with Crippen molar-refractivity contribution in [3.05, 3.63) is 0 Å². The number of hydrogen-bond donors (Lipinski definition) is 3. The maximum atomic E-state index is 10.5. The first-order chi connectivity index (χ1) is 5.07. The zero-order valence-corrected chi connectivity index (χ0v) is 5.83. The minimum absolute atomic E-state index is 0.397. The molecule has 1 rings (SSSR count). The molecule has 11 heavy (non-hydrogen) atoms. The van der Waals surface area contributed by atoms with Crippen molar-refractivity contribution >= 4 is 12.1 Å². The van der Waals surface area contributed by atoms with E-state index >= 15 is 0 Å². The van der Waals surface area contributed by atoms with Crippen molar-refractivity contribution in [1.29, 1.82) is 0 Å². The molecule has 0 atom stereocenters. The summed E-state index contributed by atoms with van der Waals surface area (Å²) in [5, 5.41) is 18.9. The fourth-order valence-electron chi connectivity index (χ4n) is 1.13. The first-order valence-corrected chi connectivity index (χ1v) is 3.31. The quantitative estimate of drug-likeness (QED) is 0.539. The molecule has 0 aromatic rings. The molecular weight excluding hydrogens is 150 g/mol. The second-order valence-corrected chi connectivity index (χ2v) is 2.67. The summed E-state index contributed by atoms with van der Waals surface area (Å²) in [7, 11) is 0. The van der Waals surface area contributed by atoms with Gasteiger partial charge < -0.3 is 15.5 Å². The van der Waals surface area contributed by atoms with Crippen molar-refractivity contribution in [2.75, 3.05) is 0 Å². The molecule has 0 aromatic carbocycles. The van der Waals surface area contributed by atoms with Gasteiger partial charge in [0.25, 0.3) is 0 Å². The SMILES string of the molecule is O=C(O)NC1(C(=O)O)CCC1. The molecule has 0 spiro atoms. The summed E-state index contributed by atoms with van der Waals surface area (Å²) < 4.78 is 0. The number of carbonyl (C=O) groups is 2. The average molecular weight is 159 g/mol. The van der Waals surface area contributed by atoms with Gasteiger partial charge >= 0.3 is 12.1 Å². The minimum Gasteiger partial charge on any atom is -0.480 e. The number of carboxylic acids is 1. The molecule has 0 heterocycles. The molecule has 62 valence electrons. The standard InChI is InChI=1S/C6H9NO4/c8-4(9)6(2-1-3-6)7-5(10)11/h7H,1-3H2,(H,8,9)(H,10,11). The topological polar surface area (TPSA) is 86.6 Å². The first-order valence-electron chi connectivity index (χ1n) is 3.31. The van der Waals surface area contributed by atoms with Crippen molar-refractivity contribution in [2.45, 2.75) is 24.8 Å². The molecule has 1 fully saturated rings. The largest absolute Gasteiger partial charge is 0.480 e. The molecule has 0 aliphatic heterocycles. The Balaban J connectivity index is 2.61. The predicted molar refractivity (Wildman–Crippen MR) is 35.4 cm³/mol. The van der Waals surface area contributed by atoms with E-state index in [0.717, 1.165) is 6.42 Å². The number of rotatable bonds is 2. The van der Waals surface area contributed by atoms with E-state index in [1.165, 1.54) is 0 Å². The second-order valence-electron chi connectivity index (χ2n) is 2.67. The normalized spacial score (nSPS) is 20.0. The lowest BCUT2D eigenvalue weighted by Gasteiger charge is -2.36. The van der Waals surface area contributed by atoms with E-state index in [4.69, 9.17) is 10.2 Å². The van der Waals surface area contributed by atoms with Crippen molar-refractivity contribution in [3.63, 3.8) is 0 Å². The van der Waals surface area contributed by atoms with Crippen LogP contribution in [0.15, 0.2) is 0 Å². The Labute approximate surface area is 63.0 Å². The number of hydrogen-bond acceptors (Lipinski definition) is 2. The van der Waals surface area contributed by atoms with E-state index in [1.807, 2.05) is 5.32 Å². The van der Waals surface area contributed by atoms with Crippen molar-refractivity contribution in [1.82, 2.24) is 5.32 Å². The third-order valence-electron chi connectivity index (χ3n) is 1.96. The molecular formula is C6H9NO4. The van der Waals surface area contributed by atoms with Crippen molar-refractivity contribution in [3.8, 4) is 0 Å². The summed E-state index contributed by atoms with van der Waals surface area (Å²) in [6.45, 7) is 0.